The first kappa shape index (κ1) is 9.47. The fraction of sp³-hybridized carbons (Fsp3) is 1.00. The van der Waals surface area contributed by atoms with Crippen molar-refractivity contribution in [2.45, 2.75) is 44.8 Å². The summed E-state index contributed by atoms with van der Waals surface area (Å²) < 4.78 is 5.51. The van der Waals surface area contributed by atoms with Gasteiger partial charge in [-0.1, -0.05) is 13.3 Å². The molecule has 0 aromatic carbocycles. The maximum absolute atomic E-state index is 5.51. The van der Waals surface area contributed by atoms with Crippen molar-refractivity contribution in [2.24, 2.45) is 5.92 Å². The highest BCUT2D eigenvalue weighted by Gasteiger charge is 2.32. The van der Waals surface area contributed by atoms with Crippen molar-refractivity contribution in [2.75, 3.05) is 20.2 Å². The lowest BCUT2D eigenvalue weighted by molar-refractivity contribution is -0.0310. The summed E-state index contributed by atoms with van der Waals surface area (Å²) in [5.41, 5.74) is 0. The monoisotopic (exact) mass is 183 g/mol. The normalized spacial score (nSPS) is 37.4. The molecule has 2 rings (SSSR count). The second kappa shape index (κ2) is 3.97. The molecule has 0 spiro atoms. The fourth-order valence-corrected chi connectivity index (χ4v) is 2.45. The smallest absolute Gasteiger partial charge is 0.0724 e. The Bertz CT molecular complexity index is 167. The van der Waals surface area contributed by atoms with Crippen LogP contribution in [0.5, 0.6) is 0 Å². The zero-order chi connectivity index (χ0) is 9.26. The second-order valence-electron chi connectivity index (χ2n) is 4.62. The fourth-order valence-electron chi connectivity index (χ4n) is 2.45. The molecule has 2 unspecified atom stereocenters. The predicted octanol–water partition coefficient (Wildman–Crippen LogP) is 1.90. The van der Waals surface area contributed by atoms with Crippen molar-refractivity contribution < 1.29 is 4.74 Å². The summed E-state index contributed by atoms with van der Waals surface area (Å²) in [4.78, 5) is 2.64. The standard InChI is InChI=1S/C11H21NO/c1-9-6-7-12(8-11(9)13-2)10-4-3-5-10/h9-11H,3-8H2,1-2H3. The molecule has 0 bridgehead atoms. The summed E-state index contributed by atoms with van der Waals surface area (Å²) in [5, 5.41) is 0. The number of likely N-dealkylation sites (tertiary alicyclic amines) is 1. The molecule has 1 aliphatic carbocycles. The number of piperidine rings is 1. The summed E-state index contributed by atoms with van der Waals surface area (Å²) in [7, 11) is 1.85. The Morgan fingerprint density at radius 3 is 2.54 bits per heavy atom. The Morgan fingerprint density at radius 1 is 1.23 bits per heavy atom. The van der Waals surface area contributed by atoms with Gasteiger partial charge in [-0.2, -0.15) is 0 Å². The van der Waals surface area contributed by atoms with E-state index in [1.54, 1.807) is 0 Å². The summed E-state index contributed by atoms with van der Waals surface area (Å²) in [6, 6.07) is 0.894. The third-order valence-electron chi connectivity index (χ3n) is 3.81. The van der Waals surface area contributed by atoms with Gasteiger partial charge in [0.2, 0.25) is 0 Å². The molecule has 2 heteroatoms. The highest BCUT2D eigenvalue weighted by molar-refractivity contribution is 4.86. The van der Waals surface area contributed by atoms with Gasteiger partial charge in [-0.25, -0.2) is 0 Å². The molecule has 2 atom stereocenters. The highest BCUT2D eigenvalue weighted by Crippen LogP contribution is 2.29. The molecule has 2 nitrogen and oxygen atoms in total. The van der Waals surface area contributed by atoms with Crippen LogP contribution in [0.4, 0.5) is 0 Å². The third kappa shape index (κ3) is 1.89. The van der Waals surface area contributed by atoms with E-state index in [1.165, 1.54) is 38.8 Å². The van der Waals surface area contributed by atoms with Crippen molar-refractivity contribution in [3.63, 3.8) is 0 Å². The van der Waals surface area contributed by atoms with Crippen molar-refractivity contribution in [1.82, 2.24) is 4.90 Å². The van der Waals surface area contributed by atoms with Gasteiger partial charge in [0, 0.05) is 19.7 Å². The molecule has 13 heavy (non-hydrogen) atoms. The first-order valence-corrected chi connectivity index (χ1v) is 5.58. The predicted molar refractivity (Wildman–Crippen MR) is 53.8 cm³/mol. The van der Waals surface area contributed by atoms with Crippen molar-refractivity contribution >= 4 is 0 Å². The minimum atomic E-state index is 0.481. The average molecular weight is 183 g/mol. The lowest BCUT2D eigenvalue weighted by atomic mass is 9.87. The molecule has 1 saturated heterocycles. The minimum absolute atomic E-state index is 0.481. The first-order valence-electron chi connectivity index (χ1n) is 5.58. The van der Waals surface area contributed by atoms with E-state index < -0.39 is 0 Å². The summed E-state index contributed by atoms with van der Waals surface area (Å²) in [5.74, 6) is 0.751. The molecule has 2 aliphatic rings. The van der Waals surface area contributed by atoms with E-state index in [-0.39, 0.29) is 0 Å². The topological polar surface area (TPSA) is 12.5 Å². The largest absolute Gasteiger partial charge is 0.380 e. The van der Waals surface area contributed by atoms with E-state index in [4.69, 9.17) is 4.74 Å². The molecule has 2 fully saturated rings. The van der Waals surface area contributed by atoms with Crippen LogP contribution >= 0.6 is 0 Å². The van der Waals surface area contributed by atoms with Gasteiger partial charge >= 0.3 is 0 Å². The van der Waals surface area contributed by atoms with Crippen LogP contribution in [0.1, 0.15) is 32.6 Å². The van der Waals surface area contributed by atoms with Crippen LogP contribution < -0.4 is 0 Å². The maximum atomic E-state index is 5.51. The molecular formula is C11H21NO. The molecular weight excluding hydrogens is 162 g/mol. The molecule has 0 N–H and O–H groups in total. The summed E-state index contributed by atoms with van der Waals surface area (Å²) >= 11 is 0. The van der Waals surface area contributed by atoms with Crippen LogP contribution in [-0.2, 0) is 4.74 Å². The number of methoxy groups -OCH3 is 1. The second-order valence-corrected chi connectivity index (χ2v) is 4.62. The molecule has 1 aliphatic heterocycles. The molecule has 0 aromatic rings. The van der Waals surface area contributed by atoms with Crippen molar-refractivity contribution in [3.05, 3.63) is 0 Å². The first-order chi connectivity index (χ1) is 6.31. The summed E-state index contributed by atoms with van der Waals surface area (Å²) in [6.45, 7) is 4.78. The Balaban J connectivity index is 1.86. The number of hydrogen-bond acceptors (Lipinski definition) is 2. The molecule has 76 valence electrons. The molecule has 1 saturated carbocycles. The molecule has 0 radical (unpaired) electrons. The minimum Gasteiger partial charge on any atom is -0.380 e. The number of rotatable bonds is 2. The van der Waals surface area contributed by atoms with Crippen LogP contribution in [0.15, 0.2) is 0 Å². The van der Waals surface area contributed by atoms with Gasteiger partial charge in [0.05, 0.1) is 6.10 Å². The van der Waals surface area contributed by atoms with E-state index in [1.807, 2.05) is 7.11 Å². The molecule has 0 aromatic heterocycles. The van der Waals surface area contributed by atoms with E-state index in [9.17, 15) is 0 Å². The number of ether oxygens (including phenoxy) is 1. The quantitative estimate of drug-likeness (QED) is 0.648. The van der Waals surface area contributed by atoms with Gasteiger partial charge < -0.3 is 4.74 Å². The Morgan fingerprint density at radius 2 is 2.00 bits per heavy atom. The maximum Gasteiger partial charge on any atom is 0.0724 e. The van der Waals surface area contributed by atoms with E-state index in [2.05, 4.69) is 11.8 Å². The van der Waals surface area contributed by atoms with Crippen LogP contribution in [0.2, 0.25) is 0 Å². The van der Waals surface area contributed by atoms with Gasteiger partial charge in [0.15, 0.2) is 0 Å². The lowest BCUT2D eigenvalue weighted by Gasteiger charge is -2.44. The third-order valence-corrected chi connectivity index (χ3v) is 3.81. The SMILES string of the molecule is COC1CN(C2CCC2)CCC1C. The van der Waals surface area contributed by atoms with Crippen LogP contribution in [0.25, 0.3) is 0 Å². The van der Waals surface area contributed by atoms with Crippen molar-refractivity contribution in [1.29, 1.82) is 0 Å². The Kier molecular flexibility index (Phi) is 2.89. The van der Waals surface area contributed by atoms with Crippen LogP contribution in [0.3, 0.4) is 0 Å². The Hall–Kier alpha value is -0.0800. The molecule has 1 heterocycles. The van der Waals surface area contributed by atoms with Crippen LogP contribution in [0, 0.1) is 5.92 Å². The molecule has 0 amide bonds. The zero-order valence-corrected chi connectivity index (χ0v) is 8.83. The highest BCUT2D eigenvalue weighted by atomic mass is 16.5. The summed E-state index contributed by atoms with van der Waals surface area (Å²) in [6.07, 6.45) is 6.08. The Labute approximate surface area is 81.3 Å². The average Bonchev–Trinajstić information content (AvgIpc) is 2.05. The van der Waals surface area contributed by atoms with E-state index in [0.717, 1.165) is 12.0 Å². The van der Waals surface area contributed by atoms with Crippen LogP contribution in [-0.4, -0.2) is 37.2 Å². The van der Waals surface area contributed by atoms with E-state index in [0.29, 0.717) is 6.10 Å². The van der Waals surface area contributed by atoms with Gasteiger partial charge in [0.1, 0.15) is 0 Å². The van der Waals surface area contributed by atoms with Crippen molar-refractivity contribution in [3.8, 4) is 0 Å². The van der Waals surface area contributed by atoms with E-state index >= 15 is 0 Å². The number of nitrogens with zero attached hydrogens (tertiary/aromatic N) is 1. The van der Waals surface area contributed by atoms with Gasteiger partial charge in [-0.15, -0.1) is 0 Å². The number of hydrogen-bond donors (Lipinski definition) is 0. The zero-order valence-electron chi connectivity index (χ0n) is 8.83. The van der Waals surface area contributed by atoms with Gasteiger partial charge in [-0.3, -0.25) is 4.90 Å². The van der Waals surface area contributed by atoms with Gasteiger partial charge in [-0.05, 0) is 31.7 Å². The van der Waals surface area contributed by atoms with Gasteiger partial charge in [0.25, 0.3) is 0 Å². The lowest BCUT2D eigenvalue weighted by Crippen LogP contribution is -2.50.